The molecule has 0 heterocycles. The molecule has 0 aromatic heterocycles. The van der Waals surface area contributed by atoms with Crippen LogP contribution in [0.25, 0.3) is 33.4 Å². The van der Waals surface area contributed by atoms with Gasteiger partial charge in [-0.2, -0.15) is 0 Å². The number of hydrogen-bond acceptors (Lipinski definition) is 0. The summed E-state index contributed by atoms with van der Waals surface area (Å²) in [6.07, 6.45) is 1.70. The van der Waals surface area contributed by atoms with E-state index in [2.05, 4.69) is 19.2 Å². The van der Waals surface area contributed by atoms with Gasteiger partial charge in [0.2, 0.25) is 0 Å². The van der Waals surface area contributed by atoms with Crippen molar-refractivity contribution in [3.63, 3.8) is 0 Å². The van der Waals surface area contributed by atoms with E-state index in [1.165, 1.54) is 0 Å². The second kappa shape index (κ2) is 4.36. The molecular formula is C18H13F. The molecule has 0 unspecified atom stereocenters. The van der Waals surface area contributed by atoms with Crippen molar-refractivity contribution in [3.05, 3.63) is 72.8 Å². The molecule has 0 spiro atoms. The summed E-state index contributed by atoms with van der Waals surface area (Å²) >= 11 is 0. The molecule has 0 aliphatic rings. The average molecular weight is 248 g/mol. The van der Waals surface area contributed by atoms with Gasteiger partial charge in [0, 0.05) is 5.56 Å². The van der Waals surface area contributed by atoms with Crippen molar-refractivity contribution in [3.8, 4) is 0 Å². The Balaban J connectivity index is 2.69. The molecule has 0 fully saturated rings. The van der Waals surface area contributed by atoms with Crippen molar-refractivity contribution in [2.24, 2.45) is 0 Å². The zero-order chi connectivity index (χ0) is 13.4. The first-order valence-electron chi connectivity index (χ1n) is 6.14. The Kier molecular flexibility index (Phi) is 2.68. The van der Waals surface area contributed by atoms with Crippen LogP contribution in [-0.4, -0.2) is 0 Å². The normalized spacial score (nSPS) is 10.8. The highest BCUT2D eigenvalue weighted by Crippen LogP contribution is 2.36. The van der Waals surface area contributed by atoms with Crippen molar-refractivity contribution >= 4 is 33.4 Å². The Morgan fingerprint density at radius 1 is 0.842 bits per heavy atom. The smallest absolute Gasteiger partial charge is 0.124 e. The monoisotopic (exact) mass is 248 g/mol. The molecular weight excluding hydrogens is 235 g/mol. The predicted molar refractivity (Wildman–Crippen MR) is 81.7 cm³/mol. The minimum absolute atomic E-state index is 0.420. The molecule has 1 heteroatoms. The lowest BCUT2D eigenvalue weighted by atomic mass is 9.91. The summed E-state index contributed by atoms with van der Waals surface area (Å²) in [6.45, 7) is 7.30. The van der Waals surface area contributed by atoms with Crippen molar-refractivity contribution in [2.45, 2.75) is 0 Å². The van der Waals surface area contributed by atoms with Gasteiger partial charge >= 0.3 is 0 Å². The van der Waals surface area contributed by atoms with Crippen molar-refractivity contribution < 1.29 is 4.39 Å². The van der Waals surface area contributed by atoms with Crippen LogP contribution in [0.3, 0.4) is 0 Å². The standard InChI is InChI=1S/C18H13F/c1-3-13-14-8-4-5-9-15(14)16-10-6-7-11-17(16)18(13)12(2)19/h3-11H,1-2H2. The molecule has 3 aromatic carbocycles. The fourth-order valence-corrected chi connectivity index (χ4v) is 2.67. The Morgan fingerprint density at radius 3 is 1.84 bits per heavy atom. The fraction of sp³-hybridized carbons (Fsp3) is 0. The Morgan fingerprint density at radius 2 is 1.32 bits per heavy atom. The summed E-state index contributed by atoms with van der Waals surface area (Å²) in [6, 6.07) is 15.8. The van der Waals surface area contributed by atoms with E-state index in [4.69, 9.17) is 0 Å². The average Bonchev–Trinajstić information content (AvgIpc) is 2.45. The highest BCUT2D eigenvalue weighted by atomic mass is 19.1. The molecule has 0 amide bonds. The maximum Gasteiger partial charge on any atom is 0.124 e. The van der Waals surface area contributed by atoms with Crippen LogP contribution >= 0.6 is 0 Å². The van der Waals surface area contributed by atoms with E-state index < -0.39 is 5.83 Å². The Hall–Kier alpha value is -2.41. The fourth-order valence-electron chi connectivity index (χ4n) is 2.67. The van der Waals surface area contributed by atoms with Crippen LogP contribution < -0.4 is 0 Å². The third-order valence-corrected chi connectivity index (χ3v) is 3.45. The lowest BCUT2D eigenvalue weighted by Crippen LogP contribution is -1.90. The molecule has 0 aliphatic heterocycles. The molecule has 0 saturated carbocycles. The molecule has 3 aromatic rings. The summed E-state index contributed by atoms with van der Waals surface area (Å²) in [7, 11) is 0. The van der Waals surface area contributed by atoms with Gasteiger partial charge in [-0.15, -0.1) is 0 Å². The molecule has 0 bridgehead atoms. The molecule has 0 radical (unpaired) electrons. The van der Waals surface area contributed by atoms with E-state index >= 15 is 0 Å². The van der Waals surface area contributed by atoms with E-state index in [1.54, 1.807) is 6.08 Å². The van der Waals surface area contributed by atoms with Crippen molar-refractivity contribution in [1.29, 1.82) is 0 Å². The molecule has 0 saturated heterocycles. The maximum atomic E-state index is 13.9. The van der Waals surface area contributed by atoms with Gasteiger partial charge in [-0.3, -0.25) is 0 Å². The number of fused-ring (bicyclic) bond motifs is 3. The van der Waals surface area contributed by atoms with Gasteiger partial charge in [0.15, 0.2) is 0 Å². The van der Waals surface area contributed by atoms with Crippen LogP contribution in [0.15, 0.2) is 61.7 Å². The lowest BCUT2D eigenvalue weighted by Gasteiger charge is -2.13. The van der Waals surface area contributed by atoms with Gasteiger partial charge in [-0.25, -0.2) is 4.39 Å². The summed E-state index contributed by atoms with van der Waals surface area (Å²) in [5.74, 6) is -0.420. The Labute approximate surface area is 111 Å². The van der Waals surface area contributed by atoms with Gasteiger partial charge in [-0.1, -0.05) is 67.8 Å². The van der Waals surface area contributed by atoms with Crippen molar-refractivity contribution in [1.82, 2.24) is 0 Å². The first kappa shape index (κ1) is 11.7. The largest absolute Gasteiger partial charge is 0.207 e. The molecule has 0 N–H and O–H groups in total. The van der Waals surface area contributed by atoms with E-state index in [-0.39, 0.29) is 0 Å². The van der Waals surface area contributed by atoms with Crippen LogP contribution in [0.5, 0.6) is 0 Å². The zero-order valence-corrected chi connectivity index (χ0v) is 10.5. The minimum Gasteiger partial charge on any atom is -0.207 e. The van der Waals surface area contributed by atoms with Crippen LogP contribution in [-0.2, 0) is 0 Å². The topological polar surface area (TPSA) is 0 Å². The van der Waals surface area contributed by atoms with E-state index in [0.29, 0.717) is 5.56 Å². The van der Waals surface area contributed by atoms with Crippen LogP contribution in [0, 0.1) is 0 Å². The molecule has 19 heavy (non-hydrogen) atoms. The molecule has 0 atom stereocenters. The first-order chi connectivity index (χ1) is 9.24. The summed E-state index contributed by atoms with van der Waals surface area (Å²) < 4.78 is 13.9. The van der Waals surface area contributed by atoms with E-state index in [0.717, 1.165) is 27.1 Å². The summed E-state index contributed by atoms with van der Waals surface area (Å²) in [5, 5.41) is 4.03. The third-order valence-electron chi connectivity index (χ3n) is 3.45. The molecule has 92 valence electrons. The maximum absolute atomic E-state index is 13.9. The highest BCUT2D eigenvalue weighted by Gasteiger charge is 2.13. The van der Waals surface area contributed by atoms with Gasteiger partial charge in [0.05, 0.1) is 0 Å². The summed E-state index contributed by atoms with van der Waals surface area (Å²) in [4.78, 5) is 0. The van der Waals surface area contributed by atoms with Crippen LogP contribution in [0.4, 0.5) is 4.39 Å². The Bertz CT molecular complexity index is 812. The van der Waals surface area contributed by atoms with Crippen molar-refractivity contribution in [2.75, 3.05) is 0 Å². The summed E-state index contributed by atoms with van der Waals surface area (Å²) in [5.41, 5.74) is 1.35. The second-order valence-electron chi connectivity index (χ2n) is 4.49. The van der Waals surface area contributed by atoms with Gasteiger partial charge in [0.1, 0.15) is 5.83 Å². The first-order valence-corrected chi connectivity index (χ1v) is 6.14. The molecule has 0 aliphatic carbocycles. The molecule has 0 nitrogen and oxygen atoms in total. The molecule has 3 rings (SSSR count). The third kappa shape index (κ3) is 1.66. The zero-order valence-electron chi connectivity index (χ0n) is 10.5. The SMILES string of the molecule is C=Cc1c(C(=C)F)c2ccccc2c2ccccc12. The quantitative estimate of drug-likeness (QED) is 0.519. The predicted octanol–water partition coefficient (Wildman–Crippen LogP) is 5.58. The minimum atomic E-state index is -0.420. The van der Waals surface area contributed by atoms with E-state index in [9.17, 15) is 4.39 Å². The second-order valence-corrected chi connectivity index (χ2v) is 4.49. The van der Waals surface area contributed by atoms with Crippen LogP contribution in [0.1, 0.15) is 11.1 Å². The number of rotatable bonds is 2. The van der Waals surface area contributed by atoms with Crippen LogP contribution in [0.2, 0.25) is 0 Å². The lowest BCUT2D eigenvalue weighted by molar-refractivity contribution is 0.765. The number of halogens is 1. The van der Waals surface area contributed by atoms with Gasteiger partial charge < -0.3 is 0 Å². The highest BCUT2D eigenvalue weighted by molar-refractivity contribution is 6.15. The number of benzene rings is 3. The van der Waals surface area contributed by atoms with Gasteiger partial charge in [-0.05, 0) is 27.1 Å². The van der Waals surface area contributed by atoms with E-state index in [1.807, 2.05) is 42.5 Å². The van der Waals surface area contributed by atoms with Gasteiger partial charge in [0.25, 0.3) is 0 Å². The number of hydrogen-bond donors (Lipinski definition) is 0.